The van der Waals surface area contributed by atoms with E-state index in [1.807, 2.05) is 0 Å². The molecule has 2 heterocycles. The zero-order valence-corrected chi connectivity index (χ0v) is 15.5. The number of carbonyl (C=O) groups is 2. The minimum absolute atomic E-state index is 0.183. The highest BCUT2D eigenvalue weighted by Gasteiger charge is 2.37. The maximum absolute atomic E-state index is 12.6. The summed E-state index contributed by atoms with van der Waals surface area (Å²) in [6.45, 7) is 5.76. The number of ether oxygens (including phenoxy) is 2. The van der Waals surface area contributed by atoms with Crippen molar-refractivity contribution < 1.29 is 32.2 Å². The van der Waals surface area contributed by atoms with Gasteiger partial charge in [0.05, 0.1) is 18.7 Å². The monoisotopic (exact) mass is 392 g/mol. The zero-order chi connectivity index (χ0) is 20.4. The molecular weight excluding hydrogens is 369 g/mol. The molecule has 0 radical (unpaired) electrons. The van der Waals surface area contributed by atoms with Gasteiger partial charge >= 0.3 is 12.3 Å². The van der Waals surface area contributed by atoms with Crippen LogP contribution < -0.4 is 5.32 Å². The number of nitrogens with one attached hydrogen (secondary N) is 2. The Morgan fingerprint density at radius 1 is 1.33 bits per heavy atom. The number of piperidine rings is 1. The van der Waals surface area contributed by atoms with Gasteiger partial charge in [-0.05, 0) is 27.2 Å². The Morgan fingerprint density at radius 3 is 2.52 bits per heavy atom. The molecule has 2 rings (SSSR count). The van der Waals surface area contributed by atoms with Gasteiger partial charge in [0.1, 0.15) is 5.60 Å². The Morgan fingerprint density at radius 2 is 2.00 bits per heavy atom. The summed E-state index contributed by atoms with van der Waals surface area (Å²) in [6.07, 6.45) is -4.67. The van der Waals surface area contributed by atoms with Crippen molar-refractivity contribution >= 4 is 12.0 Å². The van der Waals surface area contributed by atoms with Crippen LogP contribution in [-0.4, -0.2) is 64.8 Å². The molecule has 2 amide bonds. The maximum Gasteiger partial charge on any atom is 0.434 e. The van der Waals surface area contributed by atoms with Crippen LogP contribution in [0.3, 0.4) is 0 Å². The fourth-order valence-electron chi connectivity index (χ4n) is 2.63. The molecule has 11 heteroatoms. The zero-order valence-electron chi connectivity index (χ0n) is 15.5. The fraction of sp³-hybridized carbons (Fsp3) is 0.688. The molecule has 1 aromatic rings. The summed E-state index contributed by atoms with van der Waals surface area (Å²) in [7, 11) is 1.43. The fourth-order valence-corrected chi connectivity index (χ4v) is 2.63. The molecule has 0 unspecified atom stereocenters. The van der Waals surface area contributed by atoms with Crippen LogP contribution in [0.1, 0.15) is 43.5 Å². The summed E-state index contributed by atoms with van der Waals surface area (Å²) >= 11 is 0. The van der Waals surface area contributed by atoms with Crippen LogP contribution in [0.5, 0.6) is 0 Å². The minimum Gasteiger partial charge on any atom is -0.444 e. The van der Waals surface area contributed by atoms with Crippen molar-refractivity contribution in [2.45, 2.75) is 51.1 Å². The Balaban J connectivity index is 1.98. The van der Waals surface area contributed by atoms with Gasteiger partial charge in [0.15, 0.2) is 11.5 Å². The van der Waals surface area contributed by atoms with Crippen LogP contribution in [0.15, 0.2) is 6.20 Å². The topological polar surface area (TPSA) is 96.6 Å². The van der Waals surface area contributed by atoms with Crippen LogP contribution >= 0.6 is 0 Å². The standard InChI is InChI=1S/C16H23F3N4O4/c1-15(2,3)27-14(25)23-6-5-9(10(8-23)26-4)21-13(24)12-20-7-11(22-12)16(17,18)19/h7,9-10H,5-6,8H2,1-4H3,(H,20,22)(H,21,24)/t9-,10+/m1/s1. The lowest BCUT2D eigenvalue weighted by Gasteiger charge is -2.38. The molecule has 1 aliphatic heterocycles. The third-order valence-electron chi connectivity index (χ3n) is 3.91. The van der Waals surface area contributed by atoms with E-state index in [0.29, 0.717) is 19.2 Å². The molecule has 8 nitrogen and oxygen atoms in total. The molecule has 1 aromatic heterocycles. The number of aromatic amines is 1. The summed E-state index contributed by atoms with van der Waals surface area (Å²) in [5.74, 6) is -1.21. The Hall–Kier alpha value is -2.30. The normalized spacial score (nSPS) is 21.1. The van der Waals surface area contributed by atoms with Crippen LogP contribution in [0.4, 0.5) is 18.0 Å². The first-order chi connectivity index (χ1) is 12.4. The van der Waals surface area contributed by atoms with Crippen LogP contribution in [0.2, 0.25) is 0 Å². The van der Waals surface area contributed by atoms with E-state index in [0.717, 1.165) is 0 Å². The average Bonchev–Trinajstić information content (AvgIpc) is 3.03. The summed E-state index contributed by atoms with van der Waals surface area (Å²) < 4.78 is 48.4. The SMILES string of the molecule is CO[C@H]1CN(C(=O)OC(C)(C)C)CC[C@H]1NC(=O)c1nc(C(F)(F)F)c[nH]1. The predicted molar refractivity (Wildman–Crippen MR) is 88.1 cm³/mol. The van der Waals surface area contributed by atoms with Crippen molar-refractivity contribution in [1.29, 1.82) is 0 Å². The third kappa shape index (κ3) is 5.59. The molecule has 2 atom stereocenters. The molecule has 0 bridgehead atoms. The molecule has 27 heavy (non-hydrogen) atoms. The van der Waals surface area contributed by atoms with E-state index in [9.17, 15) is 22.8 Å². The first-order valence-electron chi connectivity index (χ1n) is 8.35. The number of H-pyrrole nitrogens is 1. The number of likely N-dealkylation sites (tertiary alicyclic amines) is 1. The molecule has 0 saturated carbocycles. The van der Waals surface area contributed by atoms with Crippen LogP contribution in [0, 0.1) is 0 Å². The predicted octanol–water partition coefficient (Wildman–Crippen LogP) is 2.18. The highest BCUT2D eigenvalue weighted by Crippen LogP contribution is 2.27. The largest absolute Gasteiger partial charge is 0.444 e. The molecule has 1 saturated heterocycles. The lowest BCUT2D eigenvalue weighted by Crippen LogP contribution is -2.56. The van der Waals surface area contributed by atoms with E-state index in [4.69, 9.17) is 9.47 Å². The van der Waals surface area contributed by atoms with Gasteiger partial charge in [-0.15, -0.1) is 0 Å². The van der Waals surface area contributed by atoms with Crippen molar-refractivity contribution in [3.63, 3.8) is 0 Å². The van der Waals surface area contributed by atoms with Gasteiger partial charge in [-0.2, -0.15) is 13.2 Å². The number of halogens is 3. The number of imidazole rings is 1. The van der Waals surface area contributed by atoms with Crippen molar-refractivity contribution in [3.8, 4) is 0 Å². The molecule has 0 aliphatic carbocycles. The third-order valence-corrected chi connectivity index (χ3v) is 3.91. The quantitative estimate of drug-likeness (QED) is 0.822. The lowest BCUT2D eigenvalue weighted by molar-refractivity contribution is -0.140. The number of hydrogen-bond acceptors (Lipinski definition) is 5. The van der Waals surface area contributed by atoms with Gasteiger partial charge in [-0.1, -0.05) is 0 Å². The van der Waals surface area contributed by atoms with Gasteiger partial charge in [0.25, 0.3) is 5.91 Å². The number of methoxy groups -OCH3 is 1. The van der Waals surface area contributed by atoms with Crippen LogP contribution in [0.25, 0.3) is 0 Å². The minimum atomic E-state index is -4.64. The molecular formula is C16H23F3N4O4. The number of hydrogen-bond donors (Lipinski definition) is 2. The molecule has 0 spiro atoms. The van der Waals surface area contributed by atoms with Crippen molar-refractivity contribution in [1.82, 2.24) is 20.2 Å². The Bertz CT molecular complexity index is 684. The summed E-state index contributed by atoms with van der Waals surface area (Å²) in [6, 6.07) is -0.486. The first-order valence-corrected chi connectivity index (χ1v) is 8.35. The molecule has 1 aliphatic rings. The van der Waals surface area contributed by atoms with E-state index >= 15 is 0 Å². The summed E-state index contributed by atoms with van der Waals surface area (Å²) in [4.78, 5) is 31.3. The summed E-state index contributed by atoms with van der Waals surface area (Å²) in [5, 5.41) is 2.60. The highest BCUT2D eigenvalue weighted by molar-refractivity contribution is 5.90. The molecule has 1 fully saturated rings. The number of alkyl halides is 3. The van der Waals surface area contributed by atoms with Gasteiger partial charge in [0.2, 0.25) is 0 Å². The smallest absolute Gasteiger partial charge is 0.434 e. The Kier molecular flexibility index (Phi) is 6.03. The van der Waals surface area contributed by atoms with E-state index in [2.05, 4.69) is 15.3 Å². The molecule has 0 aromatic carbocycles. The van der Waals surface area contributed by atoms with Crippen molar-refractivity contribution in [2.24, 2.45) is 0 Å². The van der Waals surface area contributed by atoms with Gasteiger partial charge < -0.3 is 24.7 Å². The lowest BCUT2D eigenvalue weighted by atomic mass is 10.0. The number of carbonyl (C=O) groups excluding carboxylic acids is 2. The van der Waals surface area contributed by atoms with Gasteiger partial charge in [0, 0.05) is 19.9 Å². The van der Waals surface area contributed by atoms with E-state index in [1.54, 1.807) is 20.8 Å². The van der Waals surface area contributed by atoms with Gasteiger partial charge in [-0.25, -0.2) is 9.78 Å². The number of nitrogens with zero attached hydrogens (tertiary/aromatic N) is 2. The second-order valence-corrected chi connectivity index (χ2v) is 7.20. The van der Waals surface area contributed by atoms with Gasteiger partial charge in [-0.3, -0.25) is 4.79 Å². The highest BCUT2D eigenvalue weighted by atomic mass is 19.4. The molecule has 2 N–H and O–H groups in total. The molecule has 152 valence electrons. The second kappa shape index (κ2) is 7.75. The number of amides is 2. The Labute approximate surface area is 154 Å². The number of rotatable bonds is 3. The number of aromatic nitrogens is 2. The second-order valence-electron chi connectivity index (χ2n) is 7.20. The van der Waals surface area contributed by atoms with E-state index in [1.165, 1.54) is 12.0 Å². The van der Waals surface area contributed by atoms with Crippen molar-refractivity contribution in [2.75, 3.05) is 20.2 Å². The van der Waals surface area contributed by atoms with Crippen LogP contribution in [-0.2, 0) is 15.7 Å². The van der Waals surface area contributed by atoms with E-state index in [-0.39, 0.29) is 6.54 Å². The van der Waals surface area contributed by atoms with E-state index < -0.39 is 47.4 Å². The maximum atomic E-state index is 12.6. The first kappa shape index (κ1) is 21.0. The van der Waals surface area contributed by atoms with Crippen molar-refractivity contribution in [3.05, 3.63) is 17.7 Å². The summed E-state index contributed by atoms with van der Waals surface area (Å²) in [5.41, 5.74) is -1.81. The average molecular weight is 392 g/mol.